The van der Waals surface area contributed by atoms with Gasteiger partial charge in [-0.1, -0.05) is 12.1 Å². The van der Waals surface area contributed by atoms with Crippen LogP contribution in [0.1, 0.15) is 5.56 Å². The Morgan fingerprint density at radius 1 is 1.15 bits per heavy atom. The van der Waals surface area contributed by atoms with E-state index in [1.165, 1.54) is 0 Å². The molecular formula is C14H22N2O4. The van der Waals surface area contributed by atoms with Gasteiger partial charge in [0.2, 0.25) is 0 Å². The normalized spacial score (nSPS) is 10.1. The van der Waals surface area contributed by atoms with Crippen LogP contribution in [0.15, 0.2) is 24.3 Å². The largest absolute Gasteiger partial charge is 0.497 e. The lowest BCUT2D eigenvalue weighted by Gasteiger charge is -2.08. The van der Waals surface area contributed by atoms with Gasteiger partial charge in [-0.05, 0) is 24.1 Å². The Kier molecular flexibility index (Phi) is 8.17. The van der Waals surface area contributed by atoms with Crippen LogP contribution in [0.4, 0.5) is 4.79 Å². The van der Waals surface area contributed by atoms with Gasteiger partial charge in [0, 0.05) is 13.1 Å². The molecule has 20 heavy (non-hydrogen) atoms. The Morgan fingerprint density at radius 3 is 2.50 bits per heavy atom. The lowest BCUT2D eigenvalue weighted by molar-refractivity contribution is 0.0947. The lowest BCUT2D eigenvalue weighted by atomic mass is 10.1. The number of carbonyl (C=O) groups is 1. The van der Waals surface area contributed by atoms with Crippen molar-refractivity contribution in [2.45, 2.75) is 6.42 Å². The second kappa shape index (κ2) is 10.1. The third-order valence-corrected chi connectivity index (χ3v) is 2.63. The summed E-state index contributed by atoms with van der Waals surface area (Å²) in [5.41, 5.74) is 1.14. The fourth-order valence-electron chi connectivity index (χ4n) is 1.58. The van der Waals surface area contributed by atoms with E-state index in [4.69, 9.17) is 14.6 Å². The summed E-state index contributed by atoms with van der Waals surface area (Å²) in [6.45, 7) is 1.67. The first-order valence-corrected chi connectivity index (χ1v) is 6.59. The van der Waals surface area contributed by atoms with Crippen LogP contribution in [0.5, 0.6) is 5.75 Å². The van der Waals surface area contributed by atoms with Gasteiger partial charge < -0.3 is 25.2 Å². The molecule has 3 N–H and O–H groups in total. The first-order valence-electron chi connectivity index (χ1n) is 6.59. The van der Waals surface area contributed by atoms with E-state index in [-0.39, 0.29) is 12.6 Å². The number of rotatable bonds is 9. The number of aliphatic hydroxyl groups excluding tert-OH is 1. The molecule has 0 radical (unpaired) electrons. The van der Waals surface area contributed by atoms with Gasteiger partial charge in [-0.3, -0.25) is 0 Å². The van der Waals surface area contributed by atoms with E-state index in [2.05, 4.69) is 10.6 Å². The molecule has 0 aliphatic rings. The molecule has 0 bridgehead atoms. The second-order valence-corrected chi connectivity index (χ2v) is 4.12. The van der Waals surface area contributed by atoms with E-state index >= 15 is 0 Å². The van der Waals surface area contributed by atoms with Crippen molar-refractivity contribution < 1.29 is 19.4 Å². The summed E-state index contributed by atoms with van der Waals surface area (Å²) in [6.07, 6.45) is 0.762. The van der Waals surface area contributed by atoms with Gasteiger partial charge in [0.1, 0.15) is 5.75 Å². The molecule has 0 fully saturated rings. The van der Waals surface area contributed by atoms with Crippen molar-refractivity contribution in [2.75, 3.05) is 40.0 Å². The molecule has 1 aromatic rings. The molecule has 2 amide bonds. The van der Waals surface area contributed by atoms with Crippen LogP contribution in [-0.2, 0) is 11.2 Å². The molecule has 0 saturated heterocycles. The number of hydrogen-bond acceptors (Lipinski definition) is 4. The van der Waals surface area contributed by atoms with Crippen LogP contribution >= 0.6 is 0 Å². The number of amides is 2. The predicted octanol–water partition coefficient (Wildman–Crippen LogP) is 0.546. The topological polar surface area (TPSA) is 79.8 Å². The number of benzene rings is 1. The van der Waals surface area contributed by atoms with Gasteiger partial charge >= 0.3 is 6.03 Å². The molecule has 0 atom stereocenters. The number of ether oxygens (including phenoxy) is 2. The molecule has 1 rings (SSSR count). The van der Waals surface area contributed by atoms with Gasteiger partial charge in [-0.2, -0.15) is 0 Å². The maximum atomic E-state index is 11.4. The zero-order valence-electron chi connectivity index (χ0n) is 11.7. The van der Waals surface area contributed by atoms with Crippen molar-refractivity contribution in [1.29, 1.82) is 0 Å². The second-order valence-electron chi connectivity index (χ2n) is 4.12. The maximum Gasteiger partial charge on any atom is 0.314 e. The van der Waals surface area contributed by atoms with Crippen molar-refractivity contribution in [2.24, 2.45) is 0 Å². The molecule has 0 aliphatic carbocycles. The van der Waals surface area contributed by atoms with Gasteiger partial charge in [0.15, 0.2) is 0 Å². The zero-order chi connectivity index (χ0) is 14.6. The van der Waals surface area contributed by atoms with Crippen molar-refractivity contribution >= 4 is 6.03 Å². The fraction of sp³-hybridized carbons (Fsp3) is 0.500. The van der Waals surface area contributed by atoms with Crippen LogP contribution in [0.2, 0.25) is 0 Å². The number of nitrogens with one attached hydrogen (secondary N) is 2. The number of methoxy groups -OCH3 is 1. The molecule has 0 aromatic heterocycles. The minimum Gasteiger partial charge on any atom is -0.497 e. The number of urea groups is 1. The monoisotopic (exact) mass is 282 g/mol. The summed E-state index contributed by atoms with van der Waals surface area (Å²) in [5, 5.41) is 13.9. The molecule has 112 valence electrons. The minimum absolute atomic E-state index is 0.00590. The highest BCUT2D eigenvalue weighted by atomic mass is 16.5. The third kappa shape index (κ3) is 6.96. The smallest absolute Gasteiger partial charge is 0.314 e. The summed E-state index contributed by atoms with van der Waals surface area (Å²) < 4.78 is 10.1. The van der Waals surface area contributed by atoms with Crippen LogP contribution in [-0.4, -0.2) is 51.2 Å². The molecular weight excluding hydrogens is 260 g/mol. The lowest BCUT2D eigenvalue weighted by Crippen LogP contribution is -2.38. The van der Waals surface area contributed by atoms with E-state index in [0.29, 0.717) is 26.3 Å². The van der Waals surface area contributed by atoms with E-state index in [9.17, 15) is 4.79 Å². The highest BCUT2D eigenvalue weighted by Crippen LogP contribution is 2.11. The minimum atomic E-state index is -0.217. The maximum absolute atomic E-state index is 11.4. The summed E-state index contributed by atoms with van der Waals surface area (Å²) in [6, 6.07) is 7.52. The van der Waals surface area contributed by atoms with E-state index < -0.39 is 0 Å². The highest BCUT2D eigenvalue weighted by Gasteiger charge is 1.99. The fourth-order valence-corrected chi connectivity index (χ4v) is 1.58. The number of aliphatic hydroxyl groups is 1. The van der Waals surface area contributed by atoms with E-state index in [0.717, 1.165) is 17.7 Å². The number of carbonyl (C=O) groups excluding carboxylic acids is 1. The van der Waals surface area contributed by atoms with Gasteiger partial charge in [-0.15, -0.1) is 0 Å². The highest BCUT2D eigenvalue weighted by molar-refractivity contribution is 5.73. The summed E-state index contributed by atoms with van der Waals surface area (Å²) >= 11 is 0. The Bertz CT molecular complexity index is 381. The number of hydrogen-bond donors (Lipinski definition) is 3. The van der Waals surface area contributed by atoms with Gasteiger partial charge in [0.25, 0.3) is 0 Å². The van der Waals surface area contributed by atoms with Crippen molar-refractivity contribution in [3.8, 4) is 5.75 Å². The Balaban J connectivity index is 2.08. The third-order valence-electron chi connectivity index (χ3n) is 2.63. The molecule has 0 aliphatic heterocycles. The van der Waals surface area contributed by atoms with E-state index in [1.54, 1.807) is 7.11 Å². The molecule has 0 spiro atoms. The molecule has 0 heterocycles. The average Bonchev–Trinajstić information content (AvgIpc) is 2.48. The Hall–Kier alpha value is -1.79. The molecule has 0 unspecified atom stereocenters. The van der Waals surface area contributed by atoms with E-state index in [1.807, 2.05) is 24.3 Å². The first kappa shape index (κ1) is 16.3. The van der Waals surface area contributed by atoms with Crippen LogP contribution in [0.3, 0.4) is 0 Å². The average molecular weight is 282 g/mol. The van der Waals surface area contributed by atoms with Gasteiger partial charge in [-0.25, -0.2) is 4.79 Å². The zero-order valence-corrected chi connectivity index (χ0v) is 11.7. The standard InChI is InChI=1S/C14H22N2O4/c1-19-13-4-2-12(3-5-13)6-7-15-14(18)16-8-10-20-11-9-17/h2-5,17H,6-11H2,1H3,(H2,15,16,18). The van der Waals surface area contributed by atoms with Crippen LogP contribution in [0.25, 0.3) is 0 Å². The Morgan fingerprint density at radius 2 is 1.85 bits per heavy atom. The summed E-state index contributed by atoms with van der Waals surface area (Å²) in [4.78, 5) is 11.4. The molecule has 1 aromatic carbocycles. The molecule has 0 saturated carbocycles. The first-order chi connectivity index (χ1) is 9.76. The molecule has 6 nitrogen and oxygen atoms in total. The van der Waals surface area contributed by atoms with Crippen molar-refractivity contribution in [3.05, 3.63) is 29.8 Å². The summed E-state index contributed by atoms with van der Waals surface area (Å²) in [7, 11) is 1.63. The van der Waals surface area contributed by atoms with Crippen molar-refractivity contribution in [1.82, 2.24) is 10.6 Å². The van der Waals surface area contributed by atoms with Crippen molar-refractivity contribution in [3.63, 3.8) is 0 Å². The Labute approximate surface area is 119 Å². The SMILES string of the molecule is COc1ccc(CCNC(=O)NCCOCCO)cc1. The quantitative estimate of drug-likeness (QED) is 0.578. The summed E-state index contributed by atoms with van der Waals surface area (Å²) in [5.74, 6) is 0.822. The van der Waals surface area contributed by atoms with Crippen LogP contribution < -0.4 is 15.4 Å². The predicted molar refractivity (Wildman–Crippen MR) is 76.0 cm³/mol. The molecule has 6 heteroatoms. The van der Waals surface area contributed by atoms with Gasteiger partial charge in [0.05, 0.1) is 26.9 Å². The van der Waals surface area contributed by atoms with Crippen LogP contribution in [0, 0.1) is 0 Å².